The highest BCUT2D eigenvalue weighted by Gasteiger charge is 2.24. The molecule has 0 saturated heterocycles. The SMILES string of the molecule is O=C(C=Cc1ccc2c(c1)CCC2N[C@@H](CO)Cc1ccccc1)NO. The van der Waals surface area contributed by atoms with Crippen LogP contribution in [0.3, 0.4) is 0 Å². The molecule has 1 amide bonds. The summed E-state index contributed by atoms with van der Waals surface area (Å²) in [6.07, 6.45) is 5.72. The number of hydroxylamine groups is 1. The van der Waals surface area contributed by atoms with E-state index in [0.717, 1.165) is 24.8 Å². The summed E-state index contributed by atoms with van der Waals surface area (Å²) in [7, 11) is 0. The van der Waals surface area contributed by atoms with Gasteiger partial charge in [-0.3, -0.25) is 10.0 Å². The van der Waals surface area contributed by atoms with Gasteiger partial charge in [0.1, 0.15) is 0 Å². The zero-order chi connectivity index (χ0) is 18.4. The third-order valence-electron chi connectivity index (χ3n) is 4.76. The maximum absolute atomic E-state index is 11.1. The number of aryl methyl sites for hydroxylation is 1. The first-order valence-corrected chi connectivity index (χ1v) is 8.85. The zero-order valence-electron chi connectivity index (χ0n) is 14.6. The topological polar surface area (TPSA) is 81.6 Å². The van der Waals surface area contributed by atoms with Crippen molar-refractivity contribution < 1.29 is 15.1 Å². The van der Waals surface area contributed by atoms with Crippen molar-refractivity contribution in [2.24, 2.45) is 0 Å². The van der Waals surface area contributed by atoms with Gasteiger partial charge in [0.2, 0.25) is 0 Å². The fraction of sp³-hybridized carbons (Fsp3) is 0.286. The predicted molar refractivity (Wildman–Crippen MR) is 101 cm³/mol. The Morgan fingerprint density at radius 3 is 2.77 bits per heavy atom. The molecular weight excluding hydrogens is 328 g/mol. The lowest BCUT2D eigenvalue weighted by Crippen LogP contribution is -2.36. The molecule has 0 spiro atoms. The molecule has 2 aromatic rings. The van der Waals surface area contributed by atoms with Gasteiger partial charge in [-0.05, 0) is 47.6 Å². The summed E-state index contributed by atoms with van der Waals surface area (Å²) in [5.41, 5.74) is 6.22. The van der Waals surface area contributed by atoms with E-state index in [-0.39, 0.29) is 18.7 Å². The van der Waals surface area contributed by atoms with Crippen molar-refractivity contribution in [3.8, 4) is 0 Å². The lowest BCUT2D eigenvalue weighted by Gasteiger charge is -2.22. The van der Waals surface area contributed by atoms with Gasteiger partial charge >= 0.3 is 0 Å². The Morgan fingerprint density at radius 2 is 2.04 bits per heavy atom. The van der Waals surface area contributed by atoms with Crippen LogP contribution >= 0.6 is 0 Å². The number of aliphatic hydroxyl groups is 1. The minimum Gasteiger partial charge on any atom is -0.395 e. The molecule has 5 nitrogen and oxygen atoms in total. The third kappa shape index (κ3) is 4.58. The summed E-state index contributed by atoms with van der Waals surface area (Å²) in [5, 5.41) is 21.9. The van der Waals surface area contributed by atoms with Crippen LogP contribution in [0.5, 0.6) is 0 Å². The monoisotopic (exact) mass is 352 g/mol. The largest absolute Gasteiger partial charge is 0.395 e. The van der Waals surface area contributed by atoms with Gasteiger partial charge in [0.25, 0.3) is 5.91 Å². The molecule has 0 saturated carbocycles. The van der Waals surface area contributed by atoms with Crippen molar-refractivity contribution in [2.75, 3.05) is 6.61 Å². The quantitative estimate of drug-likeness (QED) is 0.350. The molecule has 136 valence electrons. The van der Waals surface area contributed by atoms with Crippen LogP contribution in [0.4, 0.5) is 0 Å². The number of aliphatic hydroxyl groups excluding tert-OH is 1. The predicted octanol–water partition coefficient (Wildman–Crippen LogP) is 2.39. The number of carbonyl (C=O) groups excluding carboxylic acids is 1. The van der Waals surface area contributed by atoms with E-state index in [0.29, 0.717) is 0 Å². The lowest BCUT2D eigenvalue weighted by atomic mass is 10.0. The number of hydrogen-bond donors (Lipinski definition) is 4. The van der Waals surface area contributed by atoms with Gasteiger partial charge in [-0.25, -0.2) is 5.48 Å². The van der Waals surface area contributed by atoms with Crippen LogP contribution in [0, 0.1) is 0 Å². The fourth-order valence-electron chi connectivity index (χ4n) is 3.48. The van der Waals surface area contributed by atoms with Crippen molar-refractivity contribution in [1.29, 1.82) is 0 Å². The summed E-state index contributed by atoms with van der Waals surface area (Å²) in [4.78, 5) is 11.1. The van der Waals surface area contributed by atoms with Crippen LogP contribution in [0.1, 0.15) is 34.7 Å². The molecule has 0 fully saturated rings. The fourth-order valence-corrected chi connectivity index (χ4v) is 3.48. The van der Waals surface area contributed by atoms with E-state index in [4.69, 9.17) is 5.21 Å². The van der Waals surface area contributed by atoms with Crippen LogP contribution in [0.2, 0.25) is 0 Å². The highest BCUT2D eigenvalue weighted by molar-refractivity contribution is 5.90. The summed E-state index contributed by atoms with van der Waals surface area (Å²) in [6, 6.07) is 16.5. The number of fused-ring (bicyclic) bond motifs is 1. The number of carbonyl (C=O) groups is 1. The Kier molecular flexibility index (Phi) is 6.17. The average molecular weight is 352 g/mol. The Hall–Kier alpha value is -2.47. The van der Waals surface area contributed by atoms with E-state index in [9.17, 15) is 9.90 Å². The standard InChI is InChI=1S/C21H24N2O3/c24-14-18(13-15-4-2-1-3-5-15)22-20-10-8-17-12-16(6-9-19(17)20)7-11-21(25)23-26/h1-7,9,11-12,18,20,22,24,26H,8,10,13-14H2,(H,23,25)/t18-,20?/m1/s1. The van der Waals surface area contributed by atoms with E-state index in [2.05, 4.69) is 29.6 Å². The number of hydrogen-bond acceptors (Lipinski definition) is 4. The van der Waals surface area contributed by atoms with Gasteiger partial charge in [0.05, 0.1) is 6.61 Å². The van der Waals surface area contributed by atoms with E-state index in [1.54, 1.807) is 11.6 Å². The molecule has 0 bridgehead atoms. The number of rotatable bonds is 7. The third-order valence-corrected chi connectivity index (χ3v) is 4.76. The second kappa shape index (κ2) is 8.76. The maximum Gasteiger partial charge on any atom is 0.267 e. The van der Waals surface area contributed by atoms with Crippen molar-refractivity contribution in [3.63, 3.8) is 0 Å². The molecule has 1 unspecified atom stereocenters. The van der Waals surface area contributed by atoms with Crippen molar-refractivity contribution >= 4 is 12.0 Å². The normalized spacial score (nSPS) is 17.2. The Morgan fingerprint density at radius 1 is 1.23 bits per heavy atom. The highest BCUT2D eigenvalue weighted by atomic mass is 16.5. The molecule has 4 N–H and O–H groups in total. The van der Waals surface area contributed by atoms with Crippen molar-refractivity contribution in [1.82, 2.24) is 10.8 Å². The molecule has 0 heterocycles. The summed E-state index contributed by atoms with van der Waals surface area (Å²) >= 11 is 0. The van der Waals surface area contributed by atoms with Crippen LogP contribution in [0.25, 0.3) is 6.08 Å². The molecule has 0 aromatic heterocycles. The molecule has 26 heavy (non-hydrogen) atoms. The molecule has 1 aliphatic carbocycles. The molecule has 5 heteroatoms. The smallest absolute Gasteiger partial charge is 0.267 e. The maximum atomic E-state index is 11.1. The van der Waals surface area contributed by atoms with Crippen LogP contribution in [-0.4, -0.2) is 28.9 Å². The first-order valence-electron chi connectivity index (χ1n) is 8.85. The van der Waals surface area contributed by atoms with Crippen LogP contribution in [0.15, 0.2) is 54.6 Å². The lowest BCUT2D eigenvalue weighted by molar-refractivity contribution is -0.124. The molecule has 1 aliphatic rings. The van der Waals surface area contributed by atoms with E-state index in [1.165, 1.54) is 22.8 Å². The van der Waals surface area contributed by atoms with Crippen molar-refractivity contribution in [3.05, 3.63) is 76.9 Å². The van der Waals surface area contributed by atoms with E-state index >= 15 is 0 Å². The number of nitrogens with one attached hydrogen (secondary N) is 2. The van der Waals surface area contributed by atoms with E-state index in [1.807, 2.05) is 24.3 Å². The van der Waals surface area contributed by atoms with Crippen LogP contribution < -0.4 is 10.8 Å². The first-order chi connectivity index (χ1) is 12.7. The minimum atomic E-state index is -0.545. The molecule has 0 radical (unpaired) electrons. The van der Waals surface area contributed by atoms with Gasteiger partial charge in [0.15, 0.2) is 0 Å². The minimum absolute atomic E-state index is 0.0150. The Balaban J connectivity index is 1.67. The molecule has 2 aromatic carbocycles. The zero-order valence-corrected chi connectivity index (χ0v) is 14.6. The molecular formula is C21H24N2O3. The van der Waals surface area contributed by atoms with Gasteiger partial charge < -0.3 is 10.4 Å². The van der Waals surface area contributed by atoms with Gasteiger partial charge in [-0.2, -0.15) is 0 Å². The van der Waals surface area contributed by atoms with Gasteiger partial charge in [-0.15, -0.1) is 0 Å². The molecule has 0 aliphatic heterocycles. The average Bonchev–Trinajstić information content (AvgIpc) is 3.08. The Bertz CT molecular complexity index is 774. The van der Waals surface area contributed by atoms with Crippen molar-refractivity contribution in [2.45, 2.75) is 31.3 Å². The summed E-state index contributed by atoms with van der Waals surface area (Å²) in [5.74, 6) is -0.545. The van der Waals surface area contributed by atoms with Gasteiger partial charge in [-0.1, -0.05) is 48.5 Å². The molecule has 3 rings (SSSR count). The Labute approximate surface area is 153 Å². The summed E-state index contributed by atoms with van der Waals surface area (Å²) in [6.45, 7) is 0.0951. The van der Waals surface area contributed by atoms with Gasteiger partial charge in [0, 0.05) is 18.2 Å². The second-order valence-electron chi connectivity index (χ2n) is 6.59. The summed E-state index contributed by atoms with van der Waals surface area (Å²) < 4.78 is 0. The number of amides is 1. The highest BCUT2D eigenvalue weighted by Crippen LogP contribution is 2.32. The van der Waals surface area contributed by atoms with E-state index < -0.39 is 5.91 Å². The second-order valence-corrected chi connectivity index (χ2v) is 6.59. The number of benzene rings is 2. The first kappa shape index (κ1) is 18.3. The van der Waals surface area contributed by atoms with Crippen LogP contribution in [-0.2, 0) is 17.6 Å². The molecule has 2 atom stereocenters.